The lowest BCUT2D eigenvalue weighted by Crippen LogP contribution is -2.36. The summed E-state index contributed by atoms with van der Waals surface area (Å²) >= 11 is 1.92. The van der Waals surface area contributed by atoms with Crippen LogP contribution in [0.1, 0.15) is 45.5 Å². The topological polar surface area (TPSA) is 33.2 Å². The molecule has 0 aliphatic carbocycles. The van der Waals surface area contributed by atoms with E-state index in [0.717, 1.165) is 37.2 Å². The first-order chi connectivity index (χ1) is 14.7. The molecule has 0 N–H and O–H groups in total. The van der Waals surface area contributed by atoms with Crippen LogP contribution in [0, 0.1) is 6.92 Å². The first-order valence-corrected chi connectivity index (χ1v) is 11.4. The molecule has 0 bridgehead atoms. The van der Waals surface area contributed by atoms with Gasteiger partial charge in [-0.3, -0.25) is 9.78 Å². The molecule has 4 heteroatoms. The molecule has 2 aliphatic rings. The lowest BCUT2D eigenvalue weighted by molar-refractivity contribution is 0.0743. The zero-order valence-corrected chi connectivity index (χ0v) is 17.9. The minimum absolute atomic E-state index is 0.0903. The molecule has 0 spiro atoms. The normalized spacial score (nSPS) is 16.0. The zero-order valence-electron chi connectivity index (χ0n) is 17.1. The lowest BCUT2D eigenvalue weighted by atomic mass is 9.86. The highest BCUT2D eigenvalue weighted by Gasteiger charge is 2.26. The van der Waals surface area contributed by atoms with Crippen LogP contribution in [-0.2, 0) is 5.75 Å². The van der Waals surface area contributed by atoms with Crippen LogP contribution in [0.5, 0.6) is 0 Å². The predicted molar refractivity (Wildman–Crippen MR) is 123 cm³/mol. The molecule has 1 aromatic heterocycles. The van der Waals surface area contributed by atoms with Gasteiger partial charge in [-0.05, 0) is 59.7 Å². The Morgan fingerprint density at radius 1 is 0.967 bits per heavy atom. The van der Waals surface area contributed by atoms with Gasteiger partial charge in [0.2, 0.25) is 0 Å². The number of rotatable bonds is 1. The van der Waals surface area contributed by atoms with Crippen molar-refractivity contribution in [1.29, 1.82) is 0 Å². The van der Waals surface area contributed by atoms with E-state index in [9.17, 15) is 4.79 Å². The predicted octanol–water partition coefficient (Wildman–Crippen LogP) is 5.73. The summed E-state index contributed by atoms with van der Waals surface area (Å²) in [6.45, 7) is 3.48. The number of aromatic nitrogens is 1. The number of piperidine rings is 1. The highest BCUT2D eigenvalue weighted by atomic mass is 32.2. The van der Waals surface area contributed by atoms with Crippen molar-refractivity contribution in [3.8, 4) is 0 Å². The number of hydrogen-bond donors (Lipinski definition) is 0. The molecule has 0 atom stereocenters. The highest BCUT2D eigenvalue weighted by molar-refractivity contribution is 7.98. The highest BCUT2D eigenvalue weighted by Crippen LogP contribution is 2.43. The Labute approximate surface area is 181 Å². The van der Waals surface area contributed by atoms with Gasteiger partial charge in [0, 0.05) is 36.1 Å². The molecule has 2 aliphatic heterocycles. The molecule has 3 aromatic rings. The summed E-state index contributed by atoms with van der Waals surface area (Å²) in [5, 5.41) is 0. The van der Waals surface area contributed by atoms with Crippen LogP contribution in [0.2, 0.25) is 0 Å². The second kappa shape index (κ2) is 8.11. The zero-order chi connectivity index (χ0) is 20.5. The van der Waals surface area contributed by atoms with Gasteiger partial charge < -0.3 is 4.90 Å². The van der Waals surface area contributed by atoms with Gasteiger partial charge in [0.25, 0.3) is 5.91 Å². The van der Waals surface area contributed by atoms with Gasteiger partial charge in [0.15, 0.2) is 0 Å². The monoisotopic (exact) mass is 412 g/mol. The molecule has 1 fully saturated rings. The minimum atomic E-state index is 0.0903. The van der Waals surface area contributed by atoms with E-state index in [1.165, 1.54) is 32.7 Å². The molecule has 0 unspecified atom stereocenters. The minimum Gasteiger partial charge on any atom is -0.338 e. The molecule has 3 heterocycles. The molecular formula is C26H24N2OS. The van der Waals surface area contributed by atoms with E-state index in [1.807, 2.05) is 29.7 Å². The van der Waals surface area contributed by atoms with Gasteiger partial charge in [-0.25, -0.2) is 0 Å². The maximum absolute atomic E-state index is 13.0. The maximum atomic E-state index is 13.0. The molecule has 30 heavy (non-hydrogen) atoms. The molecule has 150 valence electrons. The number of nitrogens with zero attached hydrogens (tertiary/aromatic N) is 2. The maximum Gasteiger partial charge on any atom is 0.255 e. The number of benzene rings is 2. The Morgan fingerprint density at radius 3 is 2.50 bits per heavy atom. The van der Waals surface area contributed by atoms with Gasteiger partial charge in [-0.15, -0.1) is 11.8 Å². The average molecular weight is 413 g/mol. The van der Waals surface area contributed by atoms with E-state index in [4.69, 9.17) is 0 Å². The third kappa shape index (κ3) is 3.56. The van der Waals surface area contributed by atoms with Crippen LogP contribution in [-0.4, -0.2) is 28.9 Å². The number of fused-ring (bicyclic) bond motifs is 2. The van der Waals surface area contributed by atoms with E-state index in [0.29, 0.717) is 5.56 Å². The summed E-state index contributed by atoms with van der Waals surface area (Å²) in [5.41, 5.74) is 8.64. The molecule has 0 radical (unpaired) electrons. The summed E-state index contributed by atoms with van der Waals surface area (Å²) in [7, 11) is 0. The number of amides is 1. The number of likely N-dealkylation sites (tertiary alicyclic amines) is 1. The van der Waals surface area contributed by atoms with Gasteiger partial charge in [-0.2, -0.15) is 0 Å². The van der Waals surface area contributed by atoms with Gasteiger partial charge in [0.05, 0.1) is 5.56 Å². The fourth-order valence-corrected chi connectivity index (χ4v) is 5.52. The fourth-order valence-electron chi connectivity index (χ4n) is 4.45. The Hall–Kier alpha value is -2.85. The number of hydrogen-bond acceptors (Lipinski definition) is 3. The lowest BCUT2D eigenvalue weighted by Gasteiger charge is -2.30. The summed E-state index contributed by atoms with van der Waals surface area (Å²) in [6, 6.07) is 19.5. The second-order valence-electron chi connectivity index (χ2n) is 7.96. The smallest absolute Gasteiger partial charge is 0.255 e. The van der Waals surface area contributed by atoms with Crippen LogP contribution in [0.25, 0.3) is 5.57 Å². The van der Waals surface area contributed by atoms with E-state index in [2.05, 4.69) is 53.5 Å². The van der Waals surface area contributed by atoms with E-state index in [-0.39, 0.29) is 5.91 Å². The first-order valence-electron chi connectivity index (χ1n) is 10.4. The van der Waals surface area contributed by atoms with Crippen molar-refractivity contribution in [2.24, 2.45) is 0 Å². The van der Waals surface area contributed by atoms with Crippen LogP contribution in [0.3, 0.4) is 0 Å². The van der Waals surface area contributed by atoms with E-state index >= 15 is 0 Å². The third-order valence-electron chi connectivity index (χ3n) is 5.96. The van der Waals surface area contributed by atoms with Crippen LogP contribution < -0.4 is 0 Å². The van der Waals surface area contributed by atoms with Crippen molar-refractivity contribution in [2.45, 2.75) is 30.4 Å². The quantitative estimate of drug-likeness (QED) is 0.511. The largest absolute Gasteiger partial charge is 0.338 e. The van der Waals surface area contributed by atoms with Crippen molar-refractivity contribution in [2.75, 3.05) is 13.1 Å². The van der Waals surface area contributed by atoms with Gasteiger partial charge in [-0.1, -0.05) is 48.0 Å². The molecule has 1 saturated heterocycles. The summed E-state index contributed by atoms with van der Waals surface area (Å²) < 4.78 is 0. The van der Waals surface area contributed by atoms with Crippen LogP contribution in [0.15, 0.2) is 77.5 Å². The molecule has 1 amide bonds. The Morgan fingerprint density at radius 2 is 1.70 bits per heavy atom. The summed E-state index contributed by atoms with van der Waals surface area (Å²) in [6.07, 6.45) is 5.29. The van der Waals surface area contributed by atoms with Gasteiger partial charge in [0.1, 0.15) is 0 Å². The SMILES string of the molecule is Cc1cncc(C(=O)N2CCC(=C3c4ccccc4CSc4ccccc43)CC2)c1. The number of thioether (sulfide) groups is 1. The Bertz CT molecular complexity index is 1090. The van der Waals surface area contributed by atoms with E-state index in [1.54, 1.807) is 12.4 Å². The molecule has 3 nitrogen and oxygen atoms in total. The van der Waals surface area contributed by atoms with Crippen molar-refractivity contribution < 1.29 is 4.79 Å². The van der Waals surface area contributed by atoms with Crippen molar-refractivity contribution in [3.63, 3.8) is 0 Å². The van der Waals surface area contributed by atoms with Crippen LogP contribution in [0.4, 0.5) is 0 Å². The molecule has 5 rings (SSSR count). The third-order valence-corrected chi connectivity index (χ3v) is 7.08. The fraction of sp³-hybridized carbons (Fsp3) is 0.231. The van der Waals surface area contributed by atoms with Crippen molar-refractivity contribution in [3.05, 3.63) is 100 Å². The summed E-state index contributed by atoms with van der Waals surface area (Å²) in [4.78, 5) is 20.5. The second-order valence-corrected chi connectivity index (χ2v) is 8.98. The number of aryl methyl sites for hydroxylation is 1. The molecule has 0 saturated carbocycles. The first kappa shape index (κ1) is 19.1. The van der Waals surface area contributed by atoms with Crippen molar-refractivity contribution in [1.82, 2.24) is 9.88 Å². The molecule has 2 aromatic carbocycles. The van der Waals surface area contributed by atoms with Crippen molar-refractivity contribution >= 4 is 23.2 Å². The number of carbonyl (C=O) groups is 1. The summed E-state index contributed by atoms with van der Waals surface area (Å²) in [5.74, 6) is 1.09. The Balaban J connectivity index is 1.49. The van der Waals surface area contributed by atoms with E-state index < -0.39 is 0 Å². The Kier molecular flexibility index (Phi) is 5.17. The number of pyridine rings is 1. The molecular weight excluding hydrogens is 388 g/mol. The van der Waals surface area contributed by atoms with Gasteiger partial charge >= 0.3 is 0 Å². The van der Waals surface area contributed by atoms with Crippen LogP contribution >= 0.6 is 11.8 Å². The standard InChI is InChI=1S/C26H24N2OS/c1-18-14-21(16-27-15-18)26(29)28-12-10-19(11-13-28)25-22-7-3-2-6-20(22)17-30-24-9-5-4-8-23(24)25/h2-9,14-16H,10-13,17H2,1H3. The number of carbonyl (C=O) groups excluding carboxylic acids is 1. The average Bonchev–Trinajstić information content (AvgIpc) is 2.96.